The van der Waals surface area contributed by atoms with Crippen molar-refractivity contribution in [3.63, 3.8) is 0 Å². The van der Waals surface area contributed by atoms with Crippen molar-refractivity contribution in [3.8, 4) is 0 Å². The third-order valence-electron chi connectivity index (χ3n) is 2.63. The highest BCUT2D eigenvalue weighted by molar-refractivity contribution is 7.99. The highest BCUT2D eigenvalue weighted by atomic mass is 32.2. The van der Waals surface area contributed by atoms with Crippen molar-refractivity contribution in [2.24, 2.45) is 5.92 Å². The van der Waals surface area contributed by atoms with Crippen molar-refractivity contribution in [1.82, 2.24) is 0 Å². The zero-order valence-electron chi connectivity index (χ0n) is 7.81. The van der Waals surface area contributed by atoms with E-state index in [0.29, 0.717) is 0 Å². The smallest absolute Gasteiger partial charge is 0.00470 e. The zero-order chi connectivity index (χ0) is 8.10. The van der Waals surface area contributed by atoms with Crippen LogP contribution in [0.2, 0.25) is 0 Å². The molecule has 1 rings (SSSR count). The van der Waals surface area contributed by atoms with Crippen LogP contribution < -0.4 is 0 Å². The minimum absolute atomic E-state index is 0.986. The van der Waals surface area contributed by atoms with E-state index in [1.54, 1.807) is 0 Å². The molecule has 66 valence electrons. The fourth-order valence-electron chi connectivity index (χ4n) is 1.91. The first-order chi connectivity index (χ1) is 5.36. The first kappa shape index (κ1) is 9.44. The van der Waals surface area contributed by atoms with Gasteiger partial charge in [0.1, 0.15) is 0 Å². The molecule has 0 aromatic rings. The van der Waals surface area contributed by atoms with Crippen LogP contribution in [0.4, 0.5) is 0 Å². The van der Waals surface area contributed by atoms with Crippen molar-refractivity contribution in [2.75, 3.05) is 5.75 Å². The van der Waals surface area contributed by atoms with E-state index in [-0.39, 0.29) is 0 Å². The van der Waals surface area contributed by atoms with Gasteiger partial charge in [0.25, 0.3) is 0 Å². The maximum absolute atomic E-state index is 2.33. The fraction of sp³-hybridized carbons (Fsp3) is 1.00. The molecule has 0 bridgehead atoms. The Balaban J connectivity index is 2.21. The number of thioether (sulfide) groups is 1. The Labute approximate surface area is 75.1 Å². The topological polar surface area (TPSA) is 0 Å². The second-order valence-electron chi connectivity index (χ2n) is 3.58. The molecule has 1 saturated heterocycles. The molecule has 0 aliphatic carbocycles. The lowest BCUT2D eigenvalue weighted by atomic mass is 9.94. The summed E-state index contributed by atoms with van der Waals surface area (Å²) in [6.45, 7) is 4.63. The van der Waals surface area contributed by atoms with Crippen LogP contribution in [0, 0.1) is 5.92 Å². The summed E-state index contributed by atoms with van der Waals surface area (Å²) in [7, 11) is 0. The molecule has 0 amide bonds. The predicted molar refractivity (Wildman–Crippen MR) is 54.2 cm³/mol. The van der Waals surface area contributed by atoms with E-state index in [4.69, 9.17) is 0 Å². The van der Waals surface area contributed by atoms with Gasteiger partial charge in [-0.2, -0.15) is 11.8 Å². The molecule has 0 saturated carbocycles. The molecule has 0 spiro atoms. The molecule has 0 N–H and O–H groups in total. The van der Waals surface area contributed by atoms with Crippen molar-refractivity contribution in [1.29, 1.82) is 0 Å². The van der Waals surface area contributed by atoms with Crippen molar-refractivity contribution < 1.29 is 0 Å². The second-order valence-corrected chi connectivity index (χ2v) is 4.99. The Morgan fingerprint density at radius 2 is 2.18 bits per heavy atom. The minimum atomic E-state index is 0.986. The van der Waals surface area contributed by atoms with E-state index in [2.05, 4.69) is 25.6 Å². The highest BCUT2D eigenvalue weighted by Gasteiger charge is 2.19. The van der Waals surface area contributed by atoms with Crippen molar-refractivity contribution in [2.45, 2.75) is 51.2 Å². The average molecular weight is 172 g/mol. The molecule has 2 unspecified atom stereocenters. The van der Waals surface area contributed by atoms with Gasteiger partial charge in [-0.15, -0.1) is 0 Å². The lowest BCUT2D eigenvalue weighted by Gasteiger charge is -2.27. The van der Waals surface area contributed by atoms with E-state index < -0.39 is 0 Å². The van der Waals surface area contributed by atoms with Gasteiger partial charge in [0.2, 0.25) is 0 Å². The van der Waals surface area contributed by atoms with Gasteiger partial charge in [-0.3, -0.25) is 0 Å². The third kappa shape index (κ3) is 3.06. The van der Waals surface area contributed by atoms with Crippen molar-refractivity contribution >= 4 is 11.8 Å². The quantitative estimate of drug-likeness (QED) is 0.625. The molecule has 1 aliphatic rings. The van der Waals surface area contributed by atoms with Crippen LogP contribution in [0.1, 0.15) is 46.0 Å². The standard InChI is InChI=1S/C10H20S/c1-3-5-9-6-7-11-10(4-2)8-9/h9-10H,3-8H2,1-2H3. The van der Waals surface area contributed by atoms with Gasteiger partial charge in [-0.25, -0.2) is 0 Å². The van der Waals surface area contributed by atoms with Gasteiger partial charge >= 0.3 is 0 Å². The number of rotatable bonds is 3. The molecule has 0 aromatic carbocycles. The van der Waals surface area contributed by atoms with Crippen LogP contribution in [0.25, 0.3) is 0 Å². The zero-order valence-corrected chi connectivity index (χ0v) is 8.62. The summed E-state index contributed by atoms with van der Waals surface area (Å²) in [5, 5.41) is 0.986. The first-order valence-electron chi connectivity index (χ1n) is 4.98. The van der Waals surface area contributed by atoms with Crippen LogP contribution >= 0.6 is 11.8 Å². The van der Waals surface area contributed by atoms with E-state index in [9.17, 15) is 0 Å². The van der Waals surface area contributed by atoms with Gasteiger partial charge in [0.05, 0.1) is 0 Å². The second kappa shape index (κ2) is 5.08. The highest BCUT2D eigenvalue weighted by Crippen LogP contribution is 2.33. The molecular formula is C10H20S. The van der Waals surface area contributed by atoms with Gasteiger partial charge in [-0.1, -0.05) is 26.7 Å². The van der Waals surface area contributed by atoms with Gasteiger partial charge in [-0.05, 0) is 30.9 Å². The maximum atomic E-state index is 2.33. The molecule has 1 fully saturated rings. The van der Waals surface area contributed by atoms with Gasteiger partial charge < -0.3 is 0 Å². The summed E-state index contributed by atoms with van der Waals surface area (Å²) in [6, 6.07) is 0. The molecule has 1 heteroatoms. The van der Waals surface area contributed by atoms with E-state index in [0.717, 1.165) is 11.2 Å². The monoisotopic (exact) mass is 172 g/mol. The van der Waals surface area contributed by atoms with Crippen LogP contribution in [-0.2, 0) is 0 Å². The largest absolute Gasteiger partial charge is 0.159 e. The van der Waals surface area contributed by atoms with Crippen LogP contribution in [0.3, 0.4) is 0 Å². The minimum Gasteiger partial charge on any atom is -0.159 e. The summed E-state index contributed by atoms with van der Waals surface area (Å²) in [6.07, 6.45) is 7.21. The van der Waals surface area contributed by atoms with Gasteiger partial charge in [0, 0.05) is 5.25 Å². The summed E-state index contributed by atoms with van der Waals surface area (Å²) < 4.78 is 0. The first-order valence-corrected chi connectivity index (χ1v) is 6.03. The van der Waals surface area contributed by atoms with E-state index in [1.807, 2.05) is 0 Å². The Hall–Kier alpha value is 0.350. The van der Waals surface area contributed by atoms with E-state index >= 15 is 0 Å². The molecule has 1 heterocycles. The van der Waals surface area contributed by atoms with Crippen LogP contribution in [-0.4, -0.2) is 11.0 Å². The third-order valence-corrected chi connectivity index (χ3v) is 4.10. The molecule has 0 aromatic heterocycles. The van der Waals surface area contributed by atoms with Crippen LogP contribution in [0.5, 0.6) is 0 Å². The molecule has 0 nitrogen and oxygen atoms in total. The Morgan fingerprint density at radius 3 is 2.82 bits per heavy atom. The van der Waals surface area contributed by atoms with Crippen molar-refractivity contribution in [3.05, 3.63) is 0 Å². The van der Waals surface area contributed by atoms with Gasteiger partial charge in [0.15, 0.2) is 0 Å². The molecule has 11 heavy (non-hydrogen) atoms. The summed E-state index contributed by atoms with van der Waals surface area (Å²) in [4.78, 5) is 0. The summed E-state index contributed by atoms with van der Waals surface area (Å²) >= 11 is 2.19. The SMILES string of the molecule is CCCC1CCSC(CC)C1. The lowest BCUT2D eigenvalue weighted by Crippen LogP contribution is -2.17. The molecule has 0 radical (unpaired) electrons. The van der Waals surface area contributed by atoms with E-state index in [1.165, 1.54) is 37.9 Å². The molecule has 2 atom stereocenters. The fourth-order valence-corrected chi connectivity index (χ4v) is 3.36. The molecular weight excluding hydrogens is 152 g/mol. The summed E-state index contributed by atoms with van der Waals surface area (Å²) in [5.41, 5.74) is 0. The van der Waals surface area contributed by atoms with Crippen LogP contribution in [0.15, 0.2) is 0 Å². The lowest BCUT2D eigenvalue weighted by molar-refractivity contribution is 0.414. The normalized spacial score (nSPS) is 32.2. The predicted octanol–water partition coefficient (Wildman–Crippen LogP) is 3.71. The Morgan fingerprint density at radius 1 is 1.36 bits per heavy atom. The Bertz CT molecular complexity index is 99.0. The molecule has 1 aliphatic heterocycles. The maximum Gasteiger partial charge on any atom is 0.00470 e. The summed E-state index contributed by atoms with van der Waals surface area (Å²) in [5.74, 6) is 2.48. The Kier molecular flexibility index (Phi) is 4.36. The number of hydrogen-bond donors (Lipinski definition) is 0. The average Bonchev–Trinajstić information content (AvgIpc) is 2.06. The number of hydrogen-bond acceptors (Lipinski definition) is 1.